The highest BCUT2D eigenvalue weighted by Crippen LogP contribution is 2.11. The highest BCUT2D eigenvalue weighted by atomic mass is 16.3. The molecule has 0 fully saturated rings. The molecule has 0 saturated carbocycles. The van der Waals surface area contributed by atoms with Gasteiger partial charge in [0.25, 0.3) is 0 Å². The van der Waals surface area contributed by atoms with Gasteiger partial charge in [-0.1, -0.05) is 26.0 Å². The zero-order valence-corrected chi connectivity index (χ0v) is 11.9. The number of rotatable bonds is 6. The maximum Gasteiger partial charge on any atom is 0.240 e. The van der Waals surface area contributed by atoms with E-state index in [1.165, 1.54) is 0 Å². The summed E-state index contributed by atoms with van der Waals surface area (Å²) in [7, 11) is 0. The summed E-state index contributed by atoms with van der Waals surface area (Å²) in [6.45, 7) is 4.60. The predicted molar refractivity (Wildman–Crippen MR) is 78.2 cm³/mol. The Morgan fingerprint density at radius 2 is 2.15 bits per heavy atom. The molecule has 0 aliphatic rings. The van der Waals surface area contributed by atoms with Crippen LogP contribution < -0.4 is 5.32 Å². The van der Waals surface area contributed by atoms with Crippen LogP contribution in [0.1, 0.15) is 20.3 Å². The molecule has 0 aliphatic carbocycles. The number of carbonyl (C=O) groups is 1. The second-order valence-corrected chi connectivity index (χ2v) is 5.45. The van der Waals surface area contributed by atoms with E-state index in [9.17, 15) is 9.90 Å². The van der Waals surface area contributed by atoms with Crippen molar-refractivity contribution < 1.29 is 9.90 Å². The number of amides is 1. The Labute approximate surface area is 118 Å². The van der Waals surface area contributed by atoms with Crippen molar-refractivity contribution in [2.45, 2.75) is 32.9 Å². The van der Waals surface area contributed by atoms with Crippen LogP contribution in [-0.4, -0.2) is 33.2 Å². The maximum atomic E-state index is 11.9. The number of aliphatic hydroxyl groups is 1. The van der Waals surface area contributed by atoms with Gasteiger partial charge < -0.3 is 15.0 Å². The lowest BCUT2D eigenvalue weighted by molar-refractivity contribution is -0.122. The lowest BCUT2D eigenvalue weighted by Gasteiger charge is -2.14. The number of benzene rings is 1. The predicted octanol–water partition coefficient (Wildman–Crippen LogP) is 1.56. The van der Waals surface area contributed by atoms with E-state index in [1.807, 2.05) is 38.1 Å². The van der Waals surface area contributed by atoms with Crippen molar-refractivity contribution >= 4 is 16.9 Å². The molecule has 0 bridgehead atoms. The fraction of sp³-hybridized carbons (Fsp3) is 0.467. The van der Waals surface area contributed by atoms with E-state index < -0.39 is 6.10 Å². The Kier molecular flexibility index (Phi) is 4.74. The smallest absolute Gasteiger partial charge is 0.240 e. The summed E-state index contributed by atoms with van der Waals surface area (Å²) in [5.41, 5.74) is 1.81. The van der Waals surface area contributed by atoms with Gasteiger partial charge in [-0.05, 0) is 24.5 Å². The lowest BCUT2D eigenvalue weighted by atomic mass is 10.1. The minimum atomic E-state index is -0.488. The Balaban J connectivity index is 1.88. The molecule has 0 spiro atoms. The van der Waals surface area contributed by atoms with Crippen LogP contribution in [0.3, 0.4) is 0 Å². The van der Waals surface area contributed by atoms with Crippen LogP contribution in [0.2, 0.25) is 0 Å². The zero-order valence-electron chi connectivity index (χ0n) is 11.9. The second-order valence-electron chi connectivity index (χ2n) is 5.45. The van der Waals surface area contributed by atoms with Crippen LogP contribution in [0.5, 0.6) is 0 Å². The van der Waals surface area contributed by atoms with Gasteiger partial charge in [0.1, 0.15) is 6.54 Å². The first-order valence-electron chi connectivity index (χ1n) is 6.91. The molecule has 0 saturated heterocycles. The summed E-state index contributed by atoms with van der Waals surface area (Å²) in [5.74, 6) is 0.301. The zero-order chi connectivity index (χ0) is 14.5. The Bertz CT molecular complexity index is 577. The molecule has 108 valence electrons. The molecule has 1 aromatic heterocycles. The fourth-order valence-electron chi connectivity index (χ4n) is 2.21. The first-order chi connectivity index (χ1) is 9.56. The van der Waals surface area contributed by atoms with E-state index in [1.54, 1.807) is 10.9 Å². The number of aliphatic hydroxyl groups excluding tert-OH is 1. The number of nitrogens with zero attached hydrogens (tertiary/aromatic N) is 2. The van der Waals surface area contributed by atoms with Crippen LogP contribution in [0.4, 0.5) is 0 Å². The van der Waals surface area contributed by atoms with Crippen molar-refractivity contribution in [2.75, 3.05) is 6.54 Å². The van der Waals surface area contributed by atoms with Gasteiger partial charge in [0.2, 0.25) is 5.91 Å². The summed E-state index contributed by atoms with van der Waals surface area (Å²) in [6, 6.07) is 7.69. The Hall–Kier alpha value is -1.88. The molecule has 1 unspecified atom stereocenters. The monoisotopic (exact) mass is 275 g/mol. The van der Waals surface area contributed by atoms with Crippen LogP contribution in [0.15, 0.2) is 30.6 Å². The van der Waals surface area contributed by atoms with Crippen molar-refractivity contribution in [1.29, 1.82) is 0 Å². The maximum absolute atomic E-state index is 11.9. The summed E-state index contributed by atoms with van der Waals surface area (Å²) in [5, 5.41) is 12.5. The number of imidazole rings is 1. The third-order valence-electron chi connectivity index (χ3n) is 3.12. The molecule has 1 aromatic carbocycles. The molecule has 0 aliphatic heterocycles. The Morgan fingerprint density at radius 1 is 1.40 bits per heavy atom. The molecule has 2 rings (SSSR count). The summed E-state index contributed by atoms with van der Waals surface area (Å²) in [6.07, 6.45) is 1.86. The van der Waals surface area contributed by atoms with E-state index in [2.05, 4.69) is 10.3 Å². The van der Waals surface area contributed by atoms with Gasteiger partial charge in [-0.3, -0.25) is 4.79 Å². The van der Waals surface area contributed by atoms with Gasteiger partial charge in [-0.15, -0.1) is 0 Å². The average Bonchev–Trinajstić information content (AvgIpc) is 2.79. The van der Waals surface area contributed by atoms with Crippen molar-refractivity contribution in [3.8, 4) is 0 Å². The second kappa shape index (κ2) is 6.52. The first-order valence-corrected chi connectivity index (χ1v) is 6.91. The molecular formula is C15H21N3O2. The number of para-hydroxylation sites is 2. The van der Waals surface area contributed by atoms with Gasteiger partial charge in [0.05, 0.1) is 23.5 Å². The number of fused-ring (bicyclic) bond motifs is 1. The van der Waals surface area contributed by atoms with Gasteiger partial charge in [-0.2, -0.15) is 0 Å². The normalized spacial score (nSPS) is 12.8. The summed E-state index contributed by atoms with van der Waals surface area (Å²) >= 11 is 0. The SMILES string of the molecule is CC(C)CC(O)CNC(=O)Cn1cnc2ccccc21. The number of hydrogen-bond acceptors (Lipinski definition) is 3. The Morgan fingerprint density at radius 3 is 2.90 bits per heavy atom. The van der Waals surface area contributed by atoms with E-state index in [0.29, 0.717) is 18.9 Å². The molecule has 1 atom stereocenters. The lowest BCUT2D eigenvalue weighted by Crippen LogP contribution is -2.34. The fourth-order valence-corrected chi connectivity index (χ4v) is 2.21. The van der Waals surface area contributed by atoms with E-state index in [-0.39, 0.29) is 12.5 Å². The summed E-state index contributed by atoms with van der Waals surface area (Å²) in [4.78, 5) is 16.1. The minimum Gasteiger partial charge on any atom is -0.391 e. The third kappa shape index (κ3) is 3.81. The molecule has 1 amide bonds. The molecular weight excluding hydrogens is 254 g/mol. The number of nitrogens with one attached hydrogen (secondary N) is 1. The molecule has 1 heterocycles. The third-order valence-corrected chi connectivity index (χ3v) is 3.12. The first kappa shape index (κ1) is 14.5. The van der Waals surface area contributed by atoms with Crippen LogP contribution in [-0.2, 0) is 11.3 Å². The van der Waals surface area contributed by atoms with Crippen molar-refractivity contribution in [1.82, 2.24) is 14.9 Å². The van der Waals surface area contributed by atoms with Crippen molar-refractivity contribution in [2.24, 2.45) is 5.92 Å². The molecule has 20 heavy (non-hydrogen) atoms. The molecule has 2 N–H and O–H groups in total. The van der Waals surface area contributed by atoms with Gasteiger partial charge in [0, 0.05) is 6.54 Å². The highest BCUT2D eigenvalue weighted by molar-refractivity contribution is 5.80. The van der Waals surface area contributed by atoms with Crippen molar-refractivity contribution in [3.63, 3.8) is 0 Å². The molecule has 0 radical (unpaired) electrons. The largest absolute Gasteiger partial charge is 0.391 e. The van der Waals surface area contributed by atoms with E-state index in [4.69, 9.17) is 0 Å². The standard InChI is InChI=1S/C15H21N3O2/c1-11(2)7-12(19)8-16-15(20)9-18-10-17-13-5-3-4-6-14(13)18/h3-6,10-12,19H,7-9H2,1-2H3,(H,16,20). The quantitative estimate of drug-likeness (QED) is 0.840. The van der Waals surface area contributed by atoms with E-state index in [0.717, 1.165) is 11.0 Å². The van der Waals surface area contributed by atoms with Gasteiger partial charge in [-0.25, -0.2) is 4.98 Å². The highest BCUT2D eigenvalue weighted by Gasteiger charge is 2.10. The molecule has 5 nitrogen and oxygen atoms in total. The van der Waals surface area contributed by atoms with Gasteiger partial charge >= 0.3 is 0 Å². The van der Waals surface area contributed by atoms with Gasteiger partial charge in [0.15, 0.2) is 0 Å². The van der Waals surface area contributed by atoms with Crippen molar-refractivity contribution in [3.05, 3.63) is 30.6 Å². The van der Waals surface area contributed by atoms with Crippen LogP contribution in [0.25, 0.3) is 11.0 Å². The van der Waals surface area contributed by atoms with Crippen LogP contribution in [0, 0.1) is 5.92 Å². The minimum absolute atomic E-state index is 0.115. The topological polar surface area (TPSA) is 67.2 Å². The number of carbonyl (C=O) groups excluding carboxylic acids is 1. The van der Waals surface area contributed by atoms with E-state index >= 15 is 0 Å². The van der Waals surface area contributed by atoms with Crippen LogP contribution >= 0.6 is 0 Å². The average molecular weight is 275 g/mol. The number of aromatic nitrogens is 2. The number of hydrogen-bond donors (Lipinski definition) is 2. The molecule has 5 heteroatoms. The summed E-state index contributed by atoms with van der Waals surface area (Å²) < 4.78 is 1.81. The molecule has 2 aromatic rings.